The van der Waals surface area contributed by atoms with E-state index in [1.54, 1.807) is 24.3 Å². The summed E-state index contributed by atoms with van der Waals surface area (Å²) >= 11 is 3.40. The van der Waals surface area contributed by atoms with E-state index in [-0.39, 0.29) is 11.6 Å². The smallest absolute Gasteiger partial charge is 0.123 e. The van der Waals surface area contributed by atoms with Crippen molar-refractivity contribution in [2.75, 3.05) is 5.33 Å². The average molecular weight is 337 g/mol. The third-order valence-corrected chi connectivity index (χ3v) is 3.56. The highest BCUT2D eigenvalue weighted by Crippen LogP contribution is 2.25. The van der Waals surface area contributed by atoms with Crippen LogP contribution in [0.15, 0.2) is 54.6 Å². The Morgan fingerprint density at radius 1 is 0.850 bits per heavy atom. The number of halogens is 3. The van der Waals surface area contributed by atoms with Crippen molar-refractivity contribution in [1.29, 1.82) is 0 Å². The van der Waals surface area contributed by atoms with Crippen molar-refractivity contribution < 1.29 is 8.78 Å². The monoisotopic (exact) mass is 336 g/mol. The van der Waals surface area contributed by atoms with Gasteiger partial charge in [-0.1, -0.05) is 46.3 Å². The third-order valence-electron chi connectivity index (χ3n) is 3.00. The van der Waals surface area contributed by atoms with Gasteiger partial charge in [-0.15, -0.1) is 0 Å². The Bertz CT molecular complexity index is 523. The van der Waals surface area contributed by atoms with Crippen LogP contribution in [0.4, 0.5) is 8.78 Å². The van der Waals surface area contributed by atoms with Crippen LogP contribution in [0.1, 0.15) is 24.0 Å². The molecular weight excluding hydrogens is 322 g/mol. The standard InChI is InChI=1S/C17H15BrF2/c18-12-2-1-3-17(13-4-8-15(19)9-5-13)14-6-10-16(20)11-7-14/h3-11H,1-2,12H2. The second-order valence-corrected chi connectivity index (χ2v) is 5.26. The van der Waals surface area contributed by atoms with Gasteiger partial charge in [0.1, 0.15) is 11.6 Å². The summed E-state index contributed by atoms with van der Waals surface area (Å²) in [5.74, 6) is -0.514. The normalized spacial score (nSPS) is 10.3. The first-order valence-corrected chi connectivity index (χ1v) is 7.61. The van der Waals surface area contributed by atoms with Gasteiger partial charge in [-0.05, 0) is 53.8 Å². The van der Waals surface area contributed by atoms with Crippen LogP contribution in [-0.2, 0) is 0 Å². The number of alkyl halides is 1. The zero-order valence-corrected chi connectivity index (χ0v) is 12.5. The first kappa shape index (κ1) is 14.9. The fourth-order valence-electron chi connectivity index (χ4n) is 1.98. The number of hydrogen-bond acceptors (Lipinski definition) is 0. The summed E-state index contributed by atoms with van der Waals surface area (Å²) in [6.45, 7) is 0. The minimum atomic E-state index is -0.257. The van der Waals surface area contributed by atoms with Gasteiger partial charge in [0.25, 0.3) is 0 Å². The number of hydrogen-bond donors (Lipinski definition) is 0. The second-order valence-electron chi connectivity index (χ2n) is 4.46. The molecule has 0 aliphatic rings. The molecule has 0 saturated carbocycles. The molecule has 0 fully saturated rings. The maximum absolute atomic E-state index is 13.0. The van der Waals surface area contributed by atoms with Gasteiger partial charge in [0, 0.05) is 5.33 Å². The quantitative estimate of drug-likeness (QED) is 0.494. The second kappa shape index (κ2) is 7.34. The zero-order chi connectivity index (χ0) is 14.4. The van der Waals surface area contributed by atoms with Gasteiger partial charge in [0.2, 0.25) is 0 Å². The van der Waals surface area contributed by atoms with Crippen LogP contribution >= 0.6 is 15.9 Å². The van der Waals surface area contributed by atoms with E-state index in [0.717, 1.165) is 34.9 Å². The zero-order valence-electron chi connectivity index (χ0n) is 11.0. The summed E-state index contributed by atoms with van der Waals surface area (Å²) < 4.78 is 26.1. The largest absolute Gasteiger partial charge is 0.207 e. The molecule has 3 heteroatoms. The topological polar surface area (TPSA) is 0 Å². The molecule has 0 radical (unpaired) electrons. The molecule has 0 aromatic heterocycles. The molecule has 0 nitrogen and oxygen atoms in total. The Labute approximate surface area is 126 Å². The first-order valence-electron chi connectivity index (χ1n) is 6.48. The fraction of sp³-hybridized carbons (Fsp3) is 0.176. The van der Waals surface area contributed by atoms with Crippen molar-refractivity contribution in [3.05, 3.63) is 77.4 Å². The maximum Gasteiger partial charge on any atom is 0.123 e. The van der Waals surface area contributed by atoms with Gasteiger partial charge in [0.05, 0.1) is 0 Å². The van der Waals surface area contributed by atoms with Gasteiger partial charge in [-0.25, -0.2) is 8.78 Å². The average Bonchev–Trinajstić information content (AvgIpc) is 2.46. The summed E-state index contributed by atoms with van der Waals surface area (Å²) in [6, 6.07) is 12.8. The fourth-order valence-corrected chi connectivity index (χ4v) is 2.31. The van der Waals surface area contributed by atoms with Crippen molar-refractivity contribution in [3.8, 4) is 0 Å². The Morgan fingerprint density at radius 2 is 1.30 bits per heavy atom. The highest BCUT2D eigenvalue weighted by atomic mass is 79.9. The van der Waals surface area contributed by atoms with E-state index in [4.69, 9.17) is 0 Å². The molecule has 0 spiro atoms. The molecule has 20 heavy (non-hydrogen) atoms. The van der Waals surface area contributed by atoms with Gasteiger partial charge in [-0.2, -0.15) is 0 Å². The van der Waals surface area contributed by atoms with Crippen LogP contribution in [-0.4, -0.2) is 5.33 Å². The molecule has 0 atom stereocenters. The van der Waals surface area contributed by atoms with Crippen molar-refractivity contribution >= 4 is 21.5 Å². The van der Waals surface area contributed by atoms with Crippen LogP contribution in [0.2, 0.25) is 0 Å². The predicted molar refractivity (Wildman–Crippen MR) is 82.9 cm³/mol. The molecule has 2 aromatic carbocycles. The maximum atomic E-state index is 13.0. The van der Waals surface area contributed by atoms with E-state index >= 15 is 0 Å². The summed E-state index contributed by atoms with van der Waals surface area (Å²) in [7, 11) is 0. The lowest BCUT2D eigenvalue weighted by atomic mass is 9.96. The van der Waals surface area contributed by atoms with Crippen LogP contribution in [0.3, 0.4) is 0 Å². The highest BCUT2D eigenvalue weighted by molar-refractivity contribution is 9.09. The number of benzene rings is 2. The van der Waals surface area contributed by atoms with Crippen molar-refractivity contribution in [3.63, 3.8) is 0 Å². The molecule has 0 aliphatic heterocycles. The Kier molecular flexibility index (Phi) is 5.48. The minimum absolute atomic E-state index is 0.257. The van der Waals surface area contributed by atoms with E-state index in [1.165, 1.54) is 24.3 Å². The number of unbranched alkanes of at least 4 members (excludes halogenated alkanes) is 1. The summed E-state index contributed by atoms with van der Waals surface area (Å²) in [5.41, 5.74) is 2.88. The lowest BCUT2D eigenvalue weighted by molar-refractivity contribution is 0.627. The van der Waals surface area contributed by atoms with Crippen LogP contribution in [0.5, 0.6) is 0 Å². The van der Waals surface area contributed by atoms with Crippen LogP contribution in [0.25, 0.3) is 5.57 Å². The van der Waals surface area contributed by atoms with Crippen molar-refractivity contribution in [2.24, 2.45) is 0 Å². The van der Waals surface area contributed by atoms with Crippen molar-refractivity contribution in [1.82, 2.24) is 0 Å². The summed E-state index contributed by atoms with van der Waals surface area (Å²) in [5, 5.41) is 0.934. The SMILES string of the molecule is Fc1ccc(C(=CCCCBr)c2ccc(F)cc2)cc1. The lowest BCUT2D eigenvalue weighted by Crippen LogP contribution is -1.90. The predicted octanol–water partition coefficient (Wildman–Crippen LogP) is 5.57. The first-order chi connectivity index (χ1) is 9.70. The molecule has 0 bridgehead atoms. The third kappa shape index (κ3) is 4.01. The van der Waals surface area contributed by atoms with E-state index in [9.17, 15) is 8.78 Å². The molecule has 0 saturated heterocycles. The highest BCUT2D eigenvalue weighted by Gasteiger charge is 2.05. The molecule has 0 N–H and O–H groups in total. The van der Waals surface area contributed by atoms with Gasteiger partial charge < -0.3 is 0 Å². The minimum Gasteiger partial charge on any atom is -0.207 e. The van der Waals surface area contributed by atoms with Gasteiger partial charge >= 0.3 is 0 Å². The molecule has 0 amide bonds. The van der Waals surface area contributed by atoms with E-state index in [1.807, 2.05) is 0 Å². The summed E-state index contributed by atoms with van der Waals surface area (Å²) in [6.07, 6.45) is 4.04. The number of rotatable bonds is 5. The molecule has 0 unspecified atom stereocenters. The molecule has 104 valence electrons. The lowest BCUT2D eigenvalue weighted by Gasteiger charge is -2.09. The van der Waals surface area contributed by atoms with E-state index in [0.29, 0.717) is 0 Å². The Hall–Kier alpha value is -1.48. The molecule has 0 heterocycles. The van der Waals surface area contributed by atoms with E-state index < -0.39 is 0 Å². The number of allylic oxidation sites excluding steroid dienone is 1. The molecule has 2 aromatic rings. The van der Waals surface area contributed by atoms with Crippen LogP contribution in [0, 0.1) is 11.6 Å². The molecule has 0 aliphatic carbocycles. The Balaban J connectivity index is 2.36. The molecular formula is C17H15BrF2. The summed E-state index contributed by atoms with van der Waals surface area (Å²) in [4.78, 5) is 0. The van der Waals surface area contributed by atoms with Gasteiger partial charge in [-0.3, -0.25) is 0 Å². The molecule has 2 rings (SSSR count). The van der Waals surface area contributed by atoms with Gasteiger partial charge in [0.15, 0.2) is 0 Å². The van der Waals surface area contributed by atoms with Crippen molar-refractivity contribution in [2.45, 2.75) is 12.8 Å². The van der Waals surface area contributed by atoms with Crippen LogP contribution < -0.4 is 0 Å². The Morgan fingerprint density at radius 3 is 1.70 bits per heavy atom. The van der Waals surface area contributed by atoms with E-state index in [2.05, 4.69) is 22.0 Å².